The van der Waals surface area contributed by atoms with Crippen LogP contribution >= 0.6 is 0 Å². The quantitative estimate of drug-likeness (QED) is 0.669. The van der Waals surface area contributed by atoms with Gasteiger partial charge in [0.1, 0.15) is 0 Å². The van der Waals surface area contributed by atoms with E-state index < -0.39 is 0 Å². The minimum absolute atomic E-state index is 0.130. The molecule has 0 spiro atoms. The zero-order valence-corrected chi connectivity index (χ0v) is 18.6. The number of nitrogens with one attached hydrogen (secondary N) is 1. The molecule has 0 saturated carbocycles. The number of rotatable bonds is 5. The van der Waals surface area contributed by atoms with E-state index in [1.165, 1.54) is 5.56 Å². The number of aryl methyl sites for hydroxylation is 2. The number of nitrogens with zero attached hydrogens (tertiary/aromatic N) is 3. The molecule has 1 aliphatic rings. The minimum atomic E-state index is -0.130. The normalized spacial score (nSPS) is 19.4. The van der Waals surface area contributed by atoms with Crippen LogP contribution in [0.1, 0.15) is 41.2 Å². The van der Waals surface area contributed by atoms with Gasteiger partial charge in [-0.1, -0.05) is 24.3 Å². The highest BCUT2D eigenvalue weighted by molar-refractivity contribution is 6.05. The van der Waals surface area contributed by atoms with E-state index in [9.17, 15) is 4.79 Å². The first-order chi connectivity index (χ1) is 14.9. The molecule has 2 heterocycles. The van der Waals surface area contributed by atoms with Crippen LogP contribution in [0.15, 0.2) is 54.6 Å². The number of hydrogen-bond donors (Lipinski definition) is 1. The monoisotopic (exact) mass is 418 g/mol. The van der Waals surface area contributed by atoms with E-state index in [0.717, 1.165) is 42.4 Å². The zero-order chi connectivity index (χ0) is 22.0. The first kappa shape index (κ1) is 21.3. The lowest BCUT2D eigenvalue weighted by atomic mass is 10.1. The van der Waals surface area contributed by atoms with Gasteiger partial charge >= 0.3 is 0 Å². The predicted molar refractivity (Wildman–Crippen MR) is 123 cm³/mol. The Kier molecular flexibility index (Phi) is 6.20. The van der Waals surface area contributed by atoms with Gasteiger partial charge < -0.3 is 10.1 Å². The van der Waals surface area contributed by atoms with E-state index in [-0.39, 0.29) is 18.1 Å². The lowest BCUT2D eigenvalue weighted by Gasteiger charge is -2.35. The summed E-state index contributed by atoms with van der Waals surface area (Å²) in [5.41, 5.74) is 5.39. The molecule has 4 rings (SSSR count). The zero-order valence-electron chi connectivity index (χ0n) is 18.6. The highest BCUT2D eigenvalue weighted by Gasteiger charge is 2.22. The molecule has 1 amide bonds. The lowest BCUT2D eigenvalue weighted by molar-refractivity contribution is -0.0704. The predicted octanol–water partition coefficient (Wildman–Crippen LogP) is 4.35. The summed E-state index contributed by atoms with van der Waals surface area (Å²) in [5.74, 6) is -0.130. The number of carbonyl (C=O) groups is 1. The molecular formula is C25H30N4O2. The summed E-state index contributed by atoms with van der Waals surface area (Å²) in [6.45, 7) is 10.9. The van der Waals surface area contributed by atoms with Crippen molar-refractivity contribution in [3.8, 4) is 5.69 Å². The number of hydrogen-bond acceptors (Lipinski definition) is 4. The van der Waals surface area contributed by atoms with Crippen molar-refractivity contribution < 1.29 is 9.53 Å². The van der Waals surface area contributed by atoms with Crippen LogP contribution in [0.3, 0.4) is 0 Å². The topological polar surface area (TPSA) is 59.4 Å². The maximum absolute atomic E-state index is 12.9. The maximum Gasteiger partial charge on any atom is 0.255 e. The number of morpholine rings is 1. The van der Waals surface area contributed by atoms with Crippen molar-refractivity contribution in [3.05, 3.63) is 77.1 Å². The maximum atomic E-state index is 12.9. The third-order valence-corrected chi connectivity index (χ3v) is 5.51. The number of amides is 1. The van der Waals surface area contributed by atoms with E-state index in [4.69, 9.17) is 4.74 Å². The molecule has 1 aliphatic heterocycles. The number of benzene rings is 2. The average molecular weight is 419 g/mol. The fourth-order valence-corrected chi connectivity index (χ4v) is 4.26. The molecule has 0 bridgehead atoms. The van der Waals surface area contributed by atoms with Crippen LogP contribution in [0.4, 0.5) is 5.69 Å². The number of para-hydroxylation sites is 2. The van der Waals surface area contributed by atoms with Crippen LogP contribution in [0.5, 0.6) is 0 Å². The molecular weight excluding hydrogens is 388 g/mol. The third kappa shape index (κ3) is 5.03. The summed E-state index contributed by atoms with van der Waals surface area (Å²) < 4.78 is 7.67. The fraction of sp³-hybridized carbons (Fsp3) is 0.360. The van der Waals surface area contributed by atoms with Crippen LogP contribution in [0, 0.1) is 13.8 Å². The molecule has 6 nitrogen and oxygen atoms in total. The fourth-order valence-electron chi connectivity index (χ4n) is 4.26. The average Bonchev–Trinajstić information content (AvgIpc) is 3.06. The van der Waals surface area contributed by atoms with E-state index in [1.54, 1.807) is 0 Å². The van der Waals surface area contributed by atoms with Crippen molar-refractivity contribution in [1.82, 2.24) is 14.7 Å². The van der Waals surface area contributed by atoms with Crippen LogP contribution in [-0.2, 0) is 11.3 Å². The third-order valence-electron chi connectivity index (χ3n) is 5.51. The molecule has 0 radical (unpaired) electrons. The van der Waals surface area contributed by atoms with Gasteiger partial charge in [0.15, 0.2) is 0 Å². The van der Waals surface area contributed by atoms with Gasteiger partial charge in [-0.3, -0.25) is 9.69 Å². The number of aromatic nitrogens is 2. The molecule has 1 N–H and O–H groups in total. The van der Waals surface area contributed by atoms with Crippen LogP contribution in [0.25, 0.3) is 5.69 Å². The SMILES string of the molecule is Cc1cc(C)n(-c2ccccc2NC(=O)c2ccc(CN3CC(C)OC(C)C3)cc2)n1. The van der Waals surface area contributed by atoms with Gasteiger partial charge in [-0.25, -0.2) is 4.68 Å². The van der Waals surface area contributed by atoms with Gasteiger partial charge in [0.2, 0.25) is 0 Å². The Bertz CT molecular complexity index is 1050. The molecule has 1 saturated heterocycles. The molecule has 1 aromatic heterocycles. The van der Waals surface area contributed by atoms with Gasteiger partial charge in [0.25, 0.3) is 5.91 Å². The summed E-state index contributed by atoms with van der Waals surface area (Å²) in [5, 5.41) is 7.60. The Labute approximate surface area is 183 Å². The molecule has 31 heavy (non-hydrogen) atoms. The molecule has 2 aromatic carbocycles. The van der Waals surface area contributed by atoms with Gasteiger partial charge in [0, 0.05) is 30.9 Å². The van der Waals surface area contributed by atoms with Crippen molar-refractivity contribution in [3.63, 3.8) is 0 Å². The van der Waals surface area contributed by atoms with Crippen molar-refractivity contribution >= 4 is 11.6 Å². The molecule has 6 heteroatoms. The second-order valence-electron chi connectivity index (χ2n) is 8.46. The Hall–Kier alpha value is -2.96. The molecule has 3 aromatic rings. The van der Waals surface area contributed by atoms with Crippen molar-refractivity contribution in [2.45, 2.75) is 46.4 Å². The Morgan fingerprint density at radius 2 is 1.74 bits per heavy atom. The van der Waals surface area contributed by atoms with Crippen LogP contribution < -0.4 is 5.32 Å². The summed E-state index contributed by atoms with van der Waals surface area (Å²) in [4.78, 5) is 15.3. The van der Waals surface area contributed by atoms with Gasteiger partial charge in [-0.15, -0.1) is 0 Å². The first-order valence-corrected chi connectivity index (χ1v) is 10.8. The molecule has 2 atom stereocenters. The lowest BCUT2D eigenvalue weighted by Crippen LogP contribution is -2.44. The van der Waals surface area contributed by atoms with Crippen molar-refractivity contribution in [1.29, 1.82) is 0 Å². The highest BCUT2D eigenvalue weighted by atomic mass is 16.5. The largest absolute Gasteiger partial charge is 0.373 e. The highest BCUT2D eigenvalue weighted by Crippen LogP contribution is 2.22. The Morgan fingerprint density at radius 1 is 1.06 bits per heavy atom. The van der Waals surface area contributed by atoms with E-state index >= 15 is 0 Å². The van der Waals surface area contributed by atoms with Gasteiger partial charge in [-0.2, -0.15) is 5.10 Å². The Morgan fingerprint density at radius 3 is 2.39 bits per heavy atom. The smallest absolute Gasteiger partial charge is 0.255 e. The second kappa shape index (κ2) is 9.04. The molecule has 162 valence electrons. The Balaban J connectivity index is 1.46. The van der Waals surface area contributed by atoms with Crippen molar-refractivity contribution in [2.24, 2.45) is 0 Å². The van der Waals surface area contributed by atoms with Crippen molar-refractivity contribution in [2.75, 3.05) is 18.4 Å². The molecule has 1 fully saturated rings. The number of ether oxygens (including phenoxy) is 1. The van der Waals surface area contributed by atoms with E-state index in [1.807, 2.05) is 73.1 Å². The summed E-state index contributed by atoms with van der Waals surface area (Å²) in [6, 6.07) is 17.6. The van der Waals surface area contributed by atoms with Gasteiger partial charge in [0.05, 0.1) is 29.3 Å². The molecule has 2 unspecified atom stereocenters. The summed E-state index contributed by atoms with van der Waals surface area (Å²) in [6.07, 6.45) is 0.493. The second-order valence-corrected chi connectivity index (χ2v) is 8.46. The number of carbonyl (C=O) groups excluding carboxylic acids is 1. The van der Waals surface area contributed by atoms with Crippen LogP contribution in [0.2, 0.25) is 0 Å². The molecule has 0 aliphatic carbocycles. The minimum Gasteiger partial charge on any atom is -0.373 e. The number of anilines is 1. The summed E-state index contributed by atoms with van der Waals surface area (Å²) in [7, 11) is 0. The summed E-state index contributed by atoms with van der Waals surface area (Å²) >= 11 is 0. The first-order valence-electron chi connectivity index (χ1n) is 10.8. The van der Waals surface area contributed by atoms with Crippen LogP contribution in [-0.4, -0.2) is 45.9 Å². The van der Waals surface area contributed by atoms with E-state index in [2.05, 4.69) is 29.2 Å². The van der Waals surface area contributed by atoms with Gasteiger partial charge in [-0.05, 0) is 63.6 Å². The standard InChI is InChI=1S/C25H30N4O2/c1-17-13-18(2)29(27-17)24-8-6-5-7-23(24)26-25(30)22-11-9-21(10-12-22)16-28-14-19(3)31-20(4)15-28/h5-13,19-20H,14-16H2,1-4H3,(H,26,30). The van der Waals surface area contributed by atoms with E-state index in [0.29, 0.717) is 5.56 Å².